The molecule has 1 aliphatic heterocycles. The molecule has 19 heavy (non-hydrogen) atoms. The number of anilines is 1. The molecule has 0 saturated heterocycles. The number of rotatable bonds is 1. The largest absolute Gasteiger partial charge is 0.478 e. The smallest absolute Gasteiger partial charge is 0.413 e. The molecule has 1 unspecified atom stereocenters. The first-order chi connectivity index (χ1) is 8.70. The number of hydrogen-bond donors (Lipinski definition) is 2. The Bertz CT molecular complexity index is 579. The van der Waals surface area contributed by atoms with Crippen LogP contribution in [0.25, 0.3) is 6.08 Å². The number of halogens is 5. The average molecular weight is 279 g/mol. The summed E-state index contributed by atoms with van der Waals surface area (Å²) in [4.78, 5) is 10.8. The van der Waals surface area contributed by atoms with E-state index in [0.29, 0.717) is 18.2 Å². The van der Waals surface area contributed by atoms with E-state index in [1.165, 1.54) is 0 Å². The minimum absolute atomic E-state index is 0.156. The SMILES string of the molecule is O=C(O)C1=Cc2cc(F)c(F)cc2NC1C(F)(F)F. The molecule has 2 N–H and O–H groups in total. The van der Waals surface area contributed by atoms with Crippen LogP contribution in [-0.4, -0.2) is 23.3 Å². The number of carbonyl (C=O) groups is 1. The van der Waals surface area contributed by atoms with Crippen LogP contribution < -0.4 is 5.32 Å². The van der Waals surface area contributed by atoms with Gasteiger partial charge in [-0.05, 0) is 12.1 Å². The van der Waals surface area contributed by atoms with Crippen molar-refractivity contribution in [3.05, 3.63) is 34.9 Å². The van der Waals surface area contributed by atoms with E-state index in [2.05, 4.69) is 0 Å². The predicted octanol–water partition coefficient (Wildman–Crippen LogP) is 2.79. The van der Waals surface area contributed by atoms with Gasteiger partial charge < -0.3 is 10.4 Å². The zero-order chi connectivity index (χ0) is 14.4. The van der Waals surface area contributed by atoms with Crippen molar-refractivity contribution in [2.45, 2.75) is 12.2 Å². The Morgan fingerprint density at radius 1 is 1.21 bits per heavy atom. The molecule has 8 heteroatoms. The van der Waals surface area contributed by atoms with Crippen LogP contribution in [0.15, 0.2) is 17.7 Å². The standard InChI is InChI=1S/C11H6F5NO2/c12-6-2-4-1-5(10(18)19)9(11(14,15)16)17-8(4)3-7(6)13/h1-3,9,17H,(H,18,19). The molecule has 0 aromatic heterocycles. The molecule has 0 saturated carbocycles. The molecule has 0 radical (unpaired) electrons. The molecule has 0 amide bonds. The van der Waals surface area contributed by atoms with Crippen LogP contribution in [0.4, 0.5) is 27.6 Å². The lowest BCUT2D eigenvalue weighted by atomic mass is 9.97. The van der Waals surface area contributed by atoms with E-state index in [1.807, 2.05) is 5.32 Å². The van der Waals surface area contributed by atoms with Crippen LogP contribution in [0.2, 0.25) is 0 Å². The maximum Gasteiger partial charge on any atom is 0.413 e. The molecule has 1 atom stereocenters. The lowest BCUT2D eigenvalue weighted by molar-refractivity contribution is -0.146. The number of fused-ring (bicyclic) bond motifs is 1. The summed E-state index contributed by atoms with van der Waals surface area (Å²) in [6, 6.07) is -1.28. The Balaban J connectivity index is 2.57. The molecule has 1 aromatic carbocycles. The summed E-state index contributed by atoms with van der Waals surface area (Å²) in [7, 11) is 0. The third kappa shape index (κ3) is 2.38. The zero-order valence-corrected chi connectivity index (χ0v) is 9.05. The fourth-order valence-electron chi connectivity index (χ4n) is 1.73. The Morgan fingerprint density at radius 2 is 1.79 bits per heavy atom. The zero-order valence-electron chi connectivity index (χ0n) is 9.05. The molecular formula is C11H6F5NO2. The Kier molecular flexibility index (Phi) is 2.95. The molecule has 3 nitrogen and oxygen atoms in total. The fraction of sp³-hybridized carbons (Fsp3) is 0.182. The third-order valence-corrected chi connectivity index (χ3v) is 2.59. The summed E-state index contributed by atoms with van der Waals surface area (Å²) in [5.41, 5.74) is -1.45. The van der Waals surface area contributed by atoms with Crippen LogP contribution >= 0.6 is 0 Å². The number of benzene rings is 1. The molecule has 0 aliphatic carbocycles. The molecule has 1 heterocycles. The van der Waals surface area contributed by atoms with Crippen molar-refractivity contribution in [3.63, 3.8) is 0 Å². The molecule has 1 aliphatic rings. The second kappa shape index (κ2) is 4.22. The highest BCUT2D eigenvalue weighted by molar-refractivity contribution is 5.97. The maximum absolute atomic E-state index is 13.0. The van der Waals surface area contributed by atoms with Gasteiger partial charge in [0.15, 0.2) is 17.7 Å². The molecule has 0 bridgehead atoms. The molecule has 0 fully saturated rings. The van der Waals surface area contributed by atoms with E-state index in [1.54, 1.807) is 0 Å². The van der Waals surface area contributed by atoms with Gasteiger partial charge in [-0.3, -0.25) is 0 Å². The van der Waals surface area contributed by atoms with E-state index < -0.39 is 35.4 Å². The monoisotopic (exact) mass is 279 g/mol. The quantitative estimate of drug-likeness (QED) is 0.777. The lowest BCUT2D eigenvalue weighted by Crippen LogP contribution is -2.42. The Morgan fingerprint density at radius 3 is 2.32 bits per heavy atom. The number of alkyl halides is 3. The van der Waals surface area contributed by atoms with Crippen molar-refractivity contribution in [2.24, 2.45) is 0 Å². The van der Waals surface area contributed by atoms with Crippen molar-refractivity contribution < 1.29 is 31.9 Å². The summed E-state index contributed by atoms with van der Waals surface area (Å²) in [6.07, 6.45) is -4.19. The third-order valence-electron chi connectivity index (χ3n) is 2.59. The van der Waals surface area contributed by atoms with E-state index in [-0.39, 0.29) is 11.3 Å². The summed E-state index contributed by atoms with van der Waals surface area (Å²) in [5.74, 6) is -4.38. The van der Waals surface area contributed by atoms with E-state index in [0.717, 1.165) is 0 Å². The van der Waals surface area contributed by atoms with Gasteiger partial charge in [-0.2, -0.15) is 13.2 Å². The van der Waals surface area contributed by atoms with Gasteiger partial charge in [-0.15, -0.1) is 0 Å². The highest BCUT2D eigenvalue weighted by Gasteiger charge is 2.46. The van der Waals surface area contributed by atoms with E-state index in [4.69, 9.17) is 5.11 Å². The lowest BCUT2D eigenvalue weighted by Gasteiger charge is -2.28. The van der Waals surface area contributed by atoms with Crippen molar-refractivity contribution in [1.29, 1.82) is 0 Å². The van der Waals surface area contributed by atoms with Crippen LogP contribution in [-0.2, 0) is 4.79 Å². The number of nitrogens with one attached hydrogen (secondary N) is 1. The van der Waals surface area contributed by atoms with Crippen molar-refractivity contribution in [1.82, 2.24) is 0 Å². The molecular weight excluding hydrogens is 273 g/mol. The van der Waals surface area contributed by atoms with E-state index in [9.17, 15) is 26.7 Å². The van der Waals surface area contributed by atoms with Gasteiger partial charge in [-0.25, -0.2) is 13.6 Å². The predicted molar refractivity (Wildman–Crippen MR) is 55.4 cm³/mol. The molecule has 102 valence electrons. The number of aliphatic carboxylic acids is 1. The highest BCUT2D eigenvalue weighted by Crippen LogP contribution is 2.36. The van der Waals surface area contributed by atoms with Gasteiger partial charge in [0, 0.05) is 17.3 Å². The van der Waals surface area contributed by atoms with Gasteiger partial charge in [0.2, 0.25) is 0 Å². The topological polar surface area (TPSA) is 49.3 Å². The van der Waals surface area contributed by atoms with Crippen LogP contribution in [0.5, 0.6) is 0 Å². The normalized spacial score (nSPS) is 18.4. The van der Waals surface area contributed by atoms with E-state index >= 15 is 0 Å². The maximum atomic E-state index is 13.0. The van der Waals surface area contributed by atoms with Gasteiger partial charge >= 0.3 is 12.1 Å². The number of carboxylic acids is 1. The number of carboxylic acid groups (broad SMARTS) is 1. The van der Waals surface area contributed by atoms with Gasteiger partial charge in [0.1, 0.15) is 0 Å². The average Bonchev–Trinajstić information content (AvgIpc) is 2.27. The minimum atomic E-state index is -4.87. The summed E-state index contributed by atoms with van der Waals surface area (Å²) >= 11 is 0. The summed E-state index contributed by atoms with van der Waals surface area (Å²) in [5, 5.41) is 10.6. The number of hydrogen-bond acceptors (Lipinski definition) is 2. The second-order valence-electron chi connectivity index (χ2n) is 3.88. The van der Waals surface area contributed by atoms with Crippen LogP contribution in [0, 0.1) is 11.6 Å². The minimum Gasteiger partial charge on any atom is -0.478 e. The first kappa shape index (κ1) is 13.3. The molecule has 2 rings (SSSR count). The van der Waals surface area contributed by atoms with Crippen molar-refractivity contribution in [3.8, 4) is 0 Å². The van der Waals surface area contributed by atoms with Gasteiger partial charge in [0.05, 0.1) is 5.57 Å². The highest BCUT2D eigenvalue weighted by atomic mass is 19.4. The fourth-order valence-corrected chi connectivity index (χ4v) is 1.73. The first-order valence-electron chi connectivity index (χ1n) is 4.97. The summed E-state index contributed by atoms with van der Waals surface area (Å²) in [6.45, 7) is 0. The first-order valence-corrected chi connectivity index (χ1v) is 4.97. The summed E-state index contributed by atoms with van der Waals surface area (Å²) < 4.78 is 64.0. The molecule has 0 spiro atoms. The van der Waals surface area contributed by atoms with Gasteiger partial charge in [-0.1, -0.05) is 0 Å². The second-order valence-corrected chi connectivity index (χ2v) is 3.88. The Hall–Kier alpha value is -2.12. The molecule has 1 aromatic rings. The van der Waals surface area contributed by atoms with Crippen molar-refractivity contribution >= 4 is 17.7 Å². The van der Waals surface area contributed by atoms with Crippen molar-refractivity contribution in [2.75, 3.05) is 5.32 Å². The van der Waals surface area contributed by atoms with Crippen LogP contribution in [0.3, 0.4) is 0 Å². The van der Waals surface area contributed by atoms with Crippen LogP contribution in [0.1, 0.15) is 5.56 Å². The van der Waals surface area contributed by atoms with Gasteiger partial charge in [0.25, 0.3) is 0 Å². The Labute approximate surface area is 103 Å².